The molecule has 0 saturated carbocycles. The molecule has 0 fully saturated rings. The summed E-state index contributed by atoms with van der Waals surface area (Å²) in [4.78, 5) is 6.86. The van der Waals surface area contributed by atoms with Gasteiger partial charge < -0.3 is 4.90 Å². The summed E-state index contributed by atoms with van der Waals surface area (Å²) in [6.07, 6.45) is 2.44. The highest BCUT2D eigenvalue weighted by Crippen LogP contribution is 2.37. The molecule has 1 atom stereocenters. The smallest absolute Gasteiger partial charge is 0.244 e. The summed E-state index contributed by atoms with van der Waals surface area (Å²) in [6.45, 7) is 6.74. The second-order valence-electron chi connectivity index (χ2n) is 5.99. The van der Waals surface area contributed by atoms with E-state index in [9.17, 15) is 8.42 Å². The molecule has 1 aliphatic rings. The predicted molar refractivity (Wildman–Crippen MR) is 96.1 cm³/mol. The Balaban J connectivity index is 1.94. The summed E-state index contributed by atoms with van der Waals surface area (Å²) in [7, 11) is -3.46. The van der Waals surface area contributed by atoms with Crippen molar-refractivity contribution in [1.29, 1.82) is 0 Å². The van der Waals surface area contributed by atoms with Gasteiger partial charge in [-0.1, -0.05) is 32.0 Å². The standard InChI is InChI=1S/C18H23N3O2S/c1-4-20(5-2)24(22,23)16-10-11-18(19-13-16)21-14(3)12-15-8-6-7-9-17(15)21/h6-11,13-14H,4-5,12H2,1-3H3. The van der Waals surface area contributed by atoms with Crippen molar-refractivity contribution in [2.75, 3.05) is 18.0 Å². The highest BCUT2D eigenvalue weighted by molar-refractivity contribution is 7.89. The minimum atomic E-state index is -3.46. The number of benzene rings is 1. The van der Waals surface area contributed by atoms with Crippen molar-refractivity contribution >= 4 is 21.5 Å². The van der Waals surface area contributed by atoms with E-state index in [0.717, 1.165) is 17.9 Å². The molecule has 1 aromatic carbocycles. The lowest BCUT2D eigenvalue weighted by atomic mass is 10.1. The molecule has 6 heteroatoms. The van der Waals surface area contributed by atoms with E-state index in [1.807, 2.05) is 26.0 Å². The second kappa shape index (κ2) is 6.53. The first kappa shape index (κ1) is 16.9. The third-order valence-electron chi connectivity index (χ3n) is 4.52. The van der Waals surface area contributed by atoms with Gasteiger partial charge in [0.15, 0.2) is 0 Å². The number of rotatable bonds is 5. The number of fused-ring (bicyclic) bond motifs is 1. The van der Waals surface area contributed by atoms with Crippen LogP contribution in [0.5, 0.6) is 0 Å². The Morgan fingerprint density at radius 3 is 2.50 bits per heavy atom. The van der Waals surface area contributed by atoms with E-state index in [-0.39, 0.29) is 4.90 Å². The Kier molecular flexibility index (Phi) is 4.60. The summed E-state index contributed by atoms with van der Waals surface area (Å²) in [6, 6.07) is 12.0. The Morgan fingerprint density at radius 1 is 1.17 bits per heavy atom. The van der Waals surface area contributed by atoms with Gasteiger partial charge in [-0.15, -0.1) is 0 Å². The minimum absolute atomic E-state index is 0.245. The first-order chi connectivity index (χ1) is 11.5. The molecular formula is C18H23N3O2S. The van der Waals surface area contributed by atoms with Gasteiger partial charge in [0.05, 0.1) is 0 Å². The molecule has 0 radical (unpaired) electrons. The van der Waals surface area contributed by atoms with Gasteiger partial charge in [0.25, 0.3) is 0 Å². The zero-order chi connectivity index (χ0) is 17.3. The number of hydrogen-bond donors (Lipinski definition) is 0. The maximum Gasteiger partial charge on any atom is 0.244 e. The molecule has 5 nitrogen and oxygen atoms in total. The molecule has 1 unspecified atom stereocenters. The molecule has 0 amide bonds. The van der Waals surface area contributed by atoms with Crippen molar-refractivity contribution in [1.82, 2.24) is 9.29 Å². The lowest BCUT2D eigenvalue weighted by molar-refractivity contribution is 0.445. The Hall–Kier alpha value is -1.92. The van der Waals surface area contributed by atoms with E-state index in [1.165, 1.54) is 16.1 Å². The zero-order valence-electron chi connectivity index (χ0n) is 14.3. The van der Waals surface area contributed by atoms with Crippen molar-refractivity contribution in [3.05, 3.63) is 48.2 Å². The maximum absolute atomic E-state index is 12.6. The molecule has 1 aromatic heterocycles. The van der Waals surface area contributed by atoms with Crippen LogP contribution in [0.15, 0.2) is 47.5 Å². The third kappa shape index (κ3) is 2.80. The lowest BCUT2D eigenvalue weighted by Crippen LogP contribution is -2.31. The maximum atomic E-state index is 12.6. The van der Waals surface area contributed by atoms with Gasteiger partial charge >= 0.3 is 0 Å². The fraction of sp³-hybridized carbons (Fsp3) is 0.389. The van der Waals surface area contributed by atoms with Crippen LogP contribution in [0.1, 0.15) is 26.3 Å². The second-order valence-corrected chi connectivity index (χ2v) is 7.93. The number of aromatic nitrogens is 1. The van der Waals surface area contributed by atoms with E-state index in [0.29, 0.717) is 19.1 Å². The summed E-state index contributed by atoms with van der Waals surface area (Å²) in [5.41, 5.74) is 2.45. The van der Waals surface area contributed by atoms with Crippen LogP contribution in [0.4, 0.5) is 11.5 Å². The van der Waals surface area contributed by atoms with Crippen molar-refractivity contribution in [2.45, 2.75) is 38.1 Å². The van der Waals surface area contributed by atoms with Crippen molar-refractivity contribution in [2.24, 2.45) is 0 Å². The monoisotopic (exact) mass is 345 g/mol. The Morgan fingerprint density at radius 2 is 1.88 bits per heavy atom. The molecule has 2 aromatic rings. The first-order valence-corrected chi connectivity index (χ1v) is 9.76. The van der Waals surface area contributed by atoms with Gasteiger partial charge in [-0.05, 0) is 37.1 Å². The summed E-state index contributed by atoms with van der Waals surface area (Å²) < 4.78 is 26.6. The molecule has 0 N–H and O–H groups in total. The van der Waals surface area contributed by atoms with Crippen LogP contribution in [-0.2, 0) is 16.4 Å². The van der Waals surface area contributed by atoms with Crippen LogP contribution in [0.2, 0.25) is 0 Å². The SMILES string of the molecule is CCN(CC)S(=O)(=O)c1ccc(N2c3ccccc3CC2C)nc1. The van der Waals surface area contributed by atoms with E-state index >= 15 is 0 Å². The van der Waals surface area contributed by atoms with Crippen LogP contribution in [0.25, 0.3) is 0 Å². The van der Waals surface area contributed by atoms with Crippen molar-refractivity contribution < 1.29 is 8.42 Å². The van der Waals surface area contributed by atoms with Crippen LogP contribution in [0, 0.1) is 0 Å². The van der Waals surface area contributed by atoms with Gasteiger partial charge in [-0.25, -0.2) is 13.4 Å². The topological polar surface area (TPSA) is 53.5 Å². The molecule has 2 heterocycles. The Bertz CT molecular complexity index is 814. The molecule has 128 valence electrons. The third-order valence-corrected chi connectivity index (χ3v) is 6.55. The fourth-order valence-electron chi connectivity index (χ4n) is 3.29. The molecule has 1 aliphatic heterocycles. The summed E-state index contributed by atoms with van der Waals surface area (Å²) in [5, 5.41) is 0. The van der Waals surface area contributed by atoms with Crippen LogP contribution in [0.3, 0.4) is 0 Å². The Labute approximate surface area is 144 Å². The molecule has 0 saturated heterocycles. The van der Waals surface area contributed by atoms with Gasteiger partial charge in [-0.3, -0.25) is 0 Å². The number of anilines is 2. The molecule has 0 spiro atoms. The normalized spacial score (nSPS) is 17.3. The largest absolute Gasteiger partial charge is 0.323 e. The van der Waals surface area contributed by atoms with Gasteiger partial charge in [0, 0.05) is 31.0 Å². The molecular weight excluding hydrogens is 322 g/mol. The highest BCUT2D eigenvalue weighted by Gasteiger charge is 2.28. The summed E-state index contributed by atoms with van der Waals surface area (Å²) >= 11 is 0. The predicted octanol–water partition coefficient (Wildman–Crippen LogP) is 3.19. The molecule has 24 heavy (non-hydrogen) atoms. The highest BCUT2D eigenvalue weighted by atomic mass is 32.2. The number of hydrogen-bond acceptors (Lipinski definition) is 4. The quantitative estimate of drug-likeness (QED) is 0.835. The van der Waals surface area contributed by atoms with Crippen molar-refractivity contribution in [3.8, 4) is 0 Å². The summed E-state index contributed by atoms with van der Waals surface area (Å²) in [5.74, 6) is 0.783. The zero-order valence-corrected chi connectivity index (χ0v) is 15.1. The van der Waals surface area contributed by atoms with Crippen LogP contribution in [-0.4, -0.2) is 36.8 Å². The van der Waals surface area contributed by atoms with E-state index in [4.69, 9.17) is 0 Å². The minimum Gasteiger partial charge on any atom is -0.323 e. The van der Waals surface area contributed by atoms with E-state index in [1.54, 1.807) is 12.1 Å². The molecule has 0 bridgehead atoms. The average Bonchev–Trinajstić information content (AvgIpc) is 2.91. The van der Waals surface area contributed by atoms with E-state index in [2.05, 4.69) is 28.9 Å². The fourth-order valence-corrected chi connectivity index (χ4v) is 4.70. The first-order valence-electron chi connectivity index (χ1n) is 8.32. The number of pyridine rings is 1. The number of para-hydroxylation sites is 1. The lowest BCUT2D eigenvalue weighted by Gasteiger charge is -2.24. The van der Waals surface area contributed by atoms with Crippen LogP contribution < -0.4 is 4.90 Å². The number of nitrogens with zero attached hydrogens (tertiary/aromatic N) is 3. The van der Waals surface area contributed by atoms with Gasteiger partial charge in [0.2, 0.25) is 10.0 Å². The number of sulfonamides is 1. The molecule has 3 rings (SSSR count). The van der Waals surface area contributed by atoms with Crippen LogP contribution >= 0.6 is 0 Å². The molecule has 0 aliphatic carbocycles. The van der Waals surface area contributed by atoms with Gasteiger partial charge in [0.1, 0.15) is 10.7 Å². The van der Waals surface area contributed by atoms with Gasteiger partial charge in [-0.2, -0.15) is 4.31 Å². The average molecular weight is 345 g/mol. The van der Waals surface area contributed by atoms with E-state index < -0.39 is 10.0 Å². The van der Waals surface area contributed by atoms with Crippen molar-refractivity contribution in [3.63, 3.8) is 0 Å².